The Bertz CT molecular complexity index is 1400. The molecule has 2 aromatic carbocycles. The Kier molecular flexibility index (Phi) is 9.55. The average Bonchev–Trinajstić information content (AvgIpc) is 3.30. The highest BCUT2D eigenvalue weighted by Gasteiger charge is 2.29. The number of para-hydroxylation sites is 1. The van der Waals surface area contributed by atoms with Crippen molar-refractivity contribution in [3.8, 4) is 11.5 Å². The summed E-state index contributed by atoms with van der Waals surface area (Å²) in [6.07, 6.45) is 3.33. The number of hydrogen-bond donors (Lipinski definition) is 2. The summed E-state index contributed by atoms with van der Waals surface area (Å²) >= 11 is 1.44. The van der Waals surface area contributed by atoms with Crippen molar-refractivity contribution in [2.45, 2.75) is 46.1 Å². The van der Waals surface area contributed by atoms with Crippen LogP contribution in [0.3, 0.4) is 0 Å². The molecule has 1 aliphatic rings. The summed E-state index contributed by atoms with van der Waals surface area (Å²) in [6, 6.07) is 13.7. The highest BCUT2D eigenvalue weighted by atomic mass is 32.1. The average molecular weight is 564 g/mol. The first-order valence-electron chi connectivity index (χ1n) is 13.2. The zero-order valence-corrected chi connectivity index (χ0v) is 23.8. The van der Waals surface area contributed by atoms with Crippen LogP contribution in [0.15, 0.2) is 53.6 Å². The number of benzene rings is 2. The first-order chi connectivity index (χ1) is 19.3. The molecule has 2 N–H and O–H groups in total. The predicted molar refractivity (Wildman–Crippen MR) is 155 cm³/mol. The summed E-state index contributed by atoms with van der Waals surface area (Å²) < 4.78 is 16.3. The minimum Gasteiger partial charge on any atom is -0.496 e. The van der Waals surface area contributed by atoms with Crippen LogP contribution < -0.4 is 20.2 Å². The molecule has 0 saturated carbocycles. The van der Waals surface area contributed by atoms with Gasteiger partial charge in [0.15, 0.2) is 6.10 Å². The SMILES string of the molecule is CCOC(=O)c1c(NC(=O)c2ccc(O[C@H](C)C(=O)N/N=C\c3ccccc3OC)cc2)sc2c1CC[C@@H](C)C2. The molecule has 2 atom stereocenters. The van der Waals surface area contributed by atoms with E-state index in [4.69, 9.17) is 14.2 Å². The number of ether oxygens (including phenoxy) is 3. The molecule has 10 heteroatoms. The standard InChI is InChI=1S/C30H33N3O6S/c1-5-38-30(36)26-23-15-10-18(2)16-25(23)40-29(26)32-28(35)20-11-13-22(14-12-20)39-19(3)27(34)33-31-17-21-8-6-7-9-24(21)37-4/h6-9,11-14,17-19H,5,10,15-16H2,1-4H3,(H,32,35)(H,33,34)/b31-17-/t18-,19-/m1/s1. The van der Waals surface area contributed by atoms with E-state index in [9.17, 15) is 14.4 Å². The Morgan fingerprint density at radius 2 is 1.90 bits per heavy atom. The van der Waals surface area contributed by atoms with Crippen molar-refractivity contribution in [3.05, 3.63) is 75.7 Å². The Labute approximate surface area is 237 Å². The summed E-state index contributed by atoms with van der Waals surface area (Å²) in [5, 5.41) is 7.41. The lowest BCUT2D eigenvalue weighted by molar-refractivity contribution is -0.127. The van der Waals surface area contributed by atoms with Crippen LogP contribution >= 0.6 is 11.3 Å². The molecule has 0 fully saturated rings. The van der Waals surface area contributed by atoms with E-state index in [0.29, 0.717) is 33.5 Å². The summed E-state index contributed by atoms with van der Waals surface area (Å²) in [7, 11) is 1.56. The molecule has 4 rings (SSSR count). The number of thiophene rings is 1. The third-order valence-electron chi connectivity index (χ3n) is 6.53. The Hall–Kier alpha value is -4.18. The van der Waals surface area contributed by atoms with Gasteiger partial charge in [0.2, 0.25) is 0 Å². The maximum Gasteiger partial charge on any atom is 0.341 e. The maximum absolute atomic E-state index is 13.1. The number of hydrogen-bond acceptors (Lipinski definition) is 8. The lowest BCUT2D eigenvalue weighted by atomic mass is 9.88. The second kappa shape index (κ2) is 13.3. The third-order valence-corrected chi connectivity index (χ3v) is 7.70. The van der Waals surface area contributed by atoms with Crippen molar-refractivity contribution in [2.24, 2.45) is 11.0 Å². The predicted octanol–water partition coefficient (Wildman–Crippen LogP) is 5.23. The largest absolute Gasteiger partial charge is 0.496 e. The molecule has 0 aliphatic heterocycles. The first kappa shape index (κ1) is 28.8. The van der Waals surface area contributed by atoms with Crippen molar-refractivity contribution in [1.82, 2.24) is 5.43 Å². The van der Waals surface area contributed by atoms with Crippen molar-refractivity contribution < 1.29 is 28.6 Å². The summed E-state index contributed by atoms with van der Waals surface area (Å²) in [6.45, 7) is 5.82. The molecule has 210 valence electrons. The van der Waals surface area contributed by atoms with Gasteiger partial charge in [-0.3, -0.25) is 9.59 Å². The fourth-order valence-corrected chi connectivity index (χ4v) is 5.80. The number of carbonyl (C=O) groups excluding carboxylic acids is 3. The molecule has 0 unspecified atom stereocenters. The van der Waals surface area contributed by atoms with Crippen molar-refractivity contribution in [2.75, 3.05) is 19.0 Å². The summed E-state index contributed by atoms with van der Waals surface area (Å²) in [5.74, 6) is 0.393. The number of rotatable bonds is 10. The molecule has 0 saturated heterocycles. The van der Waals surface area contributed by atoms with Gasteiger partial charge in [0.1, 0.15) is 16.5 Å². The van der Waals surface area contributed by atoms with Crippen molar-refractivity contribution in [3.63, 3.8) is 0 Å². The minimum absolute atomic E-state index is 0.263. The highest BCUT2D eigenvalue weighted by molar-refractivity contribution is 7.17. The molecule has 0 radical (unpaired) electrons. The van der Waals surface area contributed by atoms with Gasteiger partial charge >= 0.3 is 5.97 Å². The summed E-state index contributed by atoms with van der Waals surface area (Å²) in [4.78, 5) is 39.3. The molecule has 40 heavy (non-hydrogen) atoms. The highest BCUT2D eigenvalue weighted by Crippen LogP contribution is 2.40. The lowest BCUT2D eigenvalue weighted by Crippen LogP contribution is -2.33. The molecule has 9 nitrogen and oxygen atoms in total. The number of esters is 1. The van der Waals surface area contributed by atoms with Gasteiger partial charge in [-0.1, -0.05) is 19.1 Å². The van der Waals surface area contributed by atoms with Gasteiger partial charge < -0.3 is 19.5 Å². The summed E-state index contributed by atoms with van der Waals surface area (Å²) in [5.41, 5.74) is 5.02. The molecule has 3 aromatic rings. The monoisotopic (exact) mass is 563 g/mol. The number of carbonyl (C=O) groups is 3. The Morgan fingerprint density at radius 3 is 2.62 bits per heavy atom. The molecular formula is C30H33N3O6S. The fourth-order valence-electron chi connectivity index (χ4n) is 4.41. The lowest BCUT2D eigenvalue weighted by Gasteiger charge is -2.18. The number of amides is 2. The van der Waals surface area contributed by atoms with Crippen LogP contribution in [0.25, 0.3) is 0 Å². The number of fused-ring (bicyclic) bond motifs is 1. The van der Waals surface area contributed by atoms with Gasteiger partial charge in [0, 0.05) is 16.0 Å². The van der Waals surface area contributed by atoms with Crippen LogP contribution in [0, 0.1) is 5.92 Å². The van der Waals surface area contributed by atoms with Crippen LogP contribution in [-0.4, -0.2) is 43.8 Å². The van der Waals surface area contributed by atoms with E-state index >= 15 is 0 Å². The molecule has 0 bridgehead atoms. The number of methoxy groups -OCH3 is 1. The van der Waals surface area contributed by atoms with Crippen LogP contribution in [0.1, 0.15) is 63.9 Å². The normalized spacial score (nSPS) is 15.2. The van der Waals surface area contributed by atoms with Gasteiger partial charge in [0.05, 0.1) is 25.5 Å². The molecule has 2 amide bonds. The molecule has 1 heterocycles. The van der Waals surface area contributed by atoms with Crippen LogP contribution in [-0.2, 0) is 22.4 Å². The van der Waals surface area contributed by atoms with Crippen molar-refractivity contribution >= 4 is 40.3 Å². The molecule has 0 spiro atoms. The molecule has 1 aliphatic carbocycles. The first-order valence-corrected chi connectivity index (χ1v) is 14.0. The quantitative estimate of drug-likeness (QED) is 0.198. The van der Waals surface area contributed by atoms with Gasteiger partial charge in [-0.05, 0) is 81.0 Å². The van der Waals surface area contributed by atoms with Crippen LogP contribution in [0.4, 0.5) is 5.00 Å². The number of nitrogens with one attached hydrogen (secondary N) is 2. The van der Waals surface area contributed by atoms with E-state index < -0.39 is 18.0 Å². The molecular weight excluding hydrogens is 530 g/mol. The van der Waals surface area contributed by atoms with Gasteiger partial charge in [-0.25, -0.2) is 10.2 Å². The van der Waals surface area contributed by atoms with Crippen LogP contribution in [0.5, 0.6) is 11.5 Å². The number of anilines is 1. The van der Waals surface area contributed by atoms with Gasteiger partial charge in [-0.15, -0.1) is 11.3 Å². The van der Waals surface area contributed by atoms with E-state index in [0.717, 1.165) is 35.3 Å². The van der Waals surface area contributed by atoms with Gasteiger partial charge in [-0.2, -0.15) is 5.10 Å². The van der Waals surface area contributed by atoms with E-state index in [1.54, 1.807) is 51.3 Å². The van der Waals surface area contributed by atoms with Crippen molar-refractivity contribution in [1.29, 1.82) is 0 Å². The van der Waals surface area contributed by atoms with E-state index in [2.05, 4.69) is 22.8 Å². The second-order valence-corrected chi connectivity index (χ2v) is 10.6. The topological polar surface area (TPSA) is 115 Å². The Morgan fingerprint density at radius 1 is 1.15 bits per heavy atom. The Balaban J connectivity index is 1.37. The van der Waals surface area contributed by atoms with E-state index in [-0.39, 0.29) is 12.5 Å². The third kappa shape index (κ3) is 6.87. The molecule has 1 aromatic heterocycles. The zero-order valence-electron chi connectivity index (χ0n) is 23.0. The van der Waals surface area contributed by atoms with E-state index in [1.807, 2.05) is 18.2 Å². The number of nitrogens with zero attached hydrogens (tertiary/aromatic N) is 1. The fraction of sp³-hybridized carbons (Fsp3) is 0.333. The van der Waals surface area contributed by atoms with E-state index in [1.165, 1.54) is 17.6 Å². The zero-order chi connectivity index (χ0) is 28.6. The second-order valence-electron chi connectivity index (χ2n) is 9.49. The van der Waals surface area contributed by atoms with Crippen LogP contribution in [0.2, 0.25) is 0 Å². The number of hydrazone groups is 1. The van der Waals surface area contributed by atoms with Gasteiger partial charge in [0.25, 0.3) is 11.8 Å². The minimum atomic E-state index is -0.832. The maximum atomic E-state index is 13.1. The smallest absolute Gasteiger partial charge is 0.341 e.